The zero-order chi connectivity index (χ0) is 8.97. The topological polar surface area (TPSA) is 0 Å². The van der Waals surface area contributed by atoms with Crippen LogP contribution in [0.2, 0.25) is 0 Å². The van der Waals surface area contributed by atoms with Crippen molar-refractivity contribution in [2.24, 2.45) is 5.92 Å². The lowest BCUT2D eigenvalue weighted by molar-refractivity contribution is 0.631. The van der Waals surface area contributed by atoms with Gasteiger partial charge in [0.25, 0.3) is 0 Å². The average molecular weight is 162 g/mol. The van der Waals surface area contributed by atoms with Crippen molar-refractivity contribution in [1.82, 2.24) is 0 Å². The van der Waals surface area contributed by atoms with Crippen LogP contribution in [0.3, 0.4) is 0 Å². The lowest BCUT2D eigenvalue weighted by Crippen LogP contribution is -1.96. The van der Waals surface area contributed by atoms with Crippen LogP contribution in [-0.2, 0) is 0 Å². The molecule has 0 saturated carbocycles. The highest BCUT2D eigenvalue weighted by molar-refractivity contribution is 5.27. The number of rotatable bonds is 1. The van der Waals surface area contributed by atoms with E-state index >= 15 is 0 Å². The summed E-state index contributed by atoms with van der Waals surface area (Å²) in [5, 5.41) is 0. The van der Waals surface area contributed by atoms with Gasteiger partial charge >= 0.3 is 0 Å². The van der Waals surface area contributed by atoms with Gasteiger partial charge in [-0.05, 0) is 38.2 Å². The molecule has 0 aromatic rings. The fourth-order valence-corrected chi connectivity index (χ4v) is 1.27. The van der Waals surface area contributed by atoms with Crippen molar-refractivity contribution in [1.29, 1.82) is 0 Å². The zero-order valence-electron chi connectivity index (χ0n) is 8.30. The van der Waals surface area contributed by atoms with Gasteiger partial charge in [0.2, 0.25) is 0 Å². The summed E-state index contributed by atoms with van der Waals surface area (Å²) in [5.74, 6) is 0.772. The maximum atomic E-state index is 2.30. The van der Waals surface area contributed by atoms with Gasteiger partial charge in [0, 0.05) is 0 Å². The average Bonchev–Trinajstić information content (AvgIpc) is 2.03. The van der Waals surface area contributed by atoms with E-state index in [9.17, 15) is 0 Å². The molecule has 0 aliphatic heterocycles. The molecule has 12 heavy (non-hydrogen) atoms. The van der Waals surface area contributed by atoms with Crippen LogP contribution in [0.1, 0.15) is 33.6 Å². The van der Waals surface area contributed by atoms with Crippen molar-refractivity contribution < 1.29 is 0 Å². The summed E-state index contributed by atoms with van der Waals surface area (Å²) < 4.78 is 0. The first-order chi connectivity index (χ1) is 5.68. The minimum absolute atomic E-state index is 0.772. The summed E-state index contributed by atoms with van der Waals surface area (Å²) >= 11 is 0. The Morgan fingerprint density at radius 1 is 1.50 bits per heavy atom. The second-order valence-electron chi connectivity index (χ2n) is 3.86. The summed E-state index contributed by atoms with van der Waals surface area (Å²) in [7, 11) is 0. The molecule has 66 valence electrons. The van der Waals surface area contributed by atoms with E-state index in [1.54, 1.807) is 0 Å². The Morgan fingerprint density at radius 2 is 2.25 bits per heavy atom. The van der Waals surface area contributed by atoms with Gasteiger partial charge in [-0.1, -0.05) is 36.8 Å². The molecule has 0 aromatic heterocycles. The van der Waals surface area contributed by atoms with Crippen LogP contribution < -0.4 is 0 Å². The largest absolute Gasteiger partial charge is 0.0814 e. The predicted molar refractivity (Wildman–Crippen MR) is 55.1 cm³/mol. The first-order valence-corrected chi connectivity index (χ1v) is 4.71. The Labute approximate surface area is 75.7 Å². The van der Waals surface area contributed by atoms with E-state index in [0.717, 1.165) is 5.92 Å². The van der Waals surface area contributed by atoms with Crippen LogP contribution in [0.4, 0.5) is 0 Å². The summed E-state index contributed by atoms with van der Waals surface area (Å²) in [4.78, 5) is 0. The Hall–Kier alpha value is -0.780. The maximum absolute atomic E-state index is 2.30. The molecule has 0 bridgehead atoms. The first-order valence-electron chi connectivity index (χ1n) is 4.71. The molecule has 0 N–H and O–H groups in total. The Kier molecular flexibility index (Phi) is 3.33. The van der Waals surface area contributed by atoms with Crippen molar-refractivity contribution >= 4 is 0 Å². The first kappa shape index (κ1) is 9.31. The maximum Gasteiger partial charge on any atom is -0.0256 e. The number of allylic oxidation sites excluding steroid dienone is 6. The third kappa shape index (κ3) is 3.08. The molecule has 1 aliphatic carbocycles. The van der Waals surface area contributed by atoms with Crippen LogP contribution in [0.25, 0.3) is 0 Å². The van der Waals surface area contributed by atoms with Gasteiger partial charge in [-0.25, -0.2) is 0 Å². The third-order valence-electron chi connectivity index (χ3n) is 2.16. The molecule has 0 saturated heterocycles. The van der Waals surface area contributed by atoms with E-state index in [0.29, 0.717) is 0 Å². The van der Waals surface area contributed by atoms with Crippen molar-refractivity contribution in [2.75, 3.05) is 0 Å². The fourth-order valence-electron chi connectivity index (χ4n) is 1.27. The lowest BCUT2D eigenvalue weighted by atomic mass is 9.94. The van der Waals surface area contributed by atoms with Gasteiger partial charge in [0.1, 0.15) is 0 Å². The van der Waals surface area contributed by atoms with Gasteiger partial charge in [-0.3, -0.25) is 0 Å². The lowest BCUT2D eigenvalue weighted by Gasteiger charge is -2.12. The Morgan fingerprint density at radius 3 is 2.75 bits per heavy atom. The molecule has 1 aliphatic rings. The number of hydrogen-bond acceptors (Lipinski definition) is 0. The Bertz CT molecular complexity index is 224. The second-order valence-corrected chi connectivity index (χ2v) is 3.86. The van der Waals surface area contributed by atoms with E-state index in [1.807, 2.05) is 0 Å². The molecular weight excluding hydrogens is 144 g/mol. The molecule has 1 atom stereocenters. The van der Waals surface area contributed by atoms with Gasteiger partial charge < -0.3 is 0 Å². The summed E-state index contributed by atoms with van der Waals surface area (Å²) in [6.45, 7) is 6.53. The molecule has 0 nitrogen and oxygen atoms in total. The molecule has 0 heteroatoms. The van der Waals surface area contributed by atoms with Gasteiger partial charge in [0.15, 0.2) is 0 Å². The van der Waals surface area contributed by atoms with Crippen molar-refractivity contribution in [3.05, 3.63) is 35.5 Å². The standard InChI is InChI=1S/C12H18/c1-10(2)4-7-12-8-5-11(3)6-9-12/h4-5,7-8,11H,6,9H2,1-3H3. The molecule has 0 heterocycles. The summed E-state index contributed by atoms with van der Waals surface area (Å²) in [5.41, 5.74) is 2.84. The Balaban J connectivity index is 2.60. The highest BCUT2D eigenvalue weighted by Crippen LogP contribution is 2.20. The molecule has 1 rings (SSSR count). The fraction of sp³-hybridized carbons (Fsp3) is 0.500. The quantitative estimate of drug-likeness (QED) is 0.549. The van der Waals surface area contributed by atoms with Crippen LogP contribution in [0.5, 0.6) is 0 Å². The van der Waals surface area contributed by atoms with Gasteiger partial charge in [-0.2, -0.15) is 0 Å². The highest BCUT2D eigenvalue weighted by Gasteiger charge is 2.04. The van der Waals surface area contributed by atoms with Crippen molar-refractivity contribution in [3.63, 3.8) is 0 Å². The SMILES string of the molecule is CC(C)=CC=C1C=CC(C)CC1. The van der Waals surface area contributed by atoms with E-state index in [1.165, 1.54) is 24.0 Å². The molecule has 0 spiro atoms. The second kappa shape index (κ2) is 4.30. The van der Waals surface area contributed by atoms with E-state index in [2.05, 4.69) is 45.1 Å². The van der Waals surface area contributed by atoms with Gasteiger partial charge in [-0.15, -0.1) is 0 Å². The smallest absolute Gasteiger partial charge is 0.0256 e. The molecule has 0 fully saturated rings. The predicted octanol–water partition coefficient (Wildman–Crippen LogP) is 3.87. The minimum atomic E-state index is 0.772. The van der Waals surface area contributed by atoms with Crippen LogP contribution in [0.15, 0.2) is 35.5 Å². The molecular formula is C12H18. The zero-order valence-corrected chi connectivity index (χ0v) is 8.30. The molecule has 0 radical (unpaired) electrons. The van der Waals surface area contributed by atoms with E-state index < -0.39 is 0 Å². The summed E-state index contributed by atoms with van der Waals surface area (Å²) in [6.07, 6.45) is 11.5. The molecule has 0 aromatic carbocycles. The van der Waals surface area contributed by atoms with Crippen molar-refractivity contribution in [3.8, 4) is 0 Å². The van der Waals surface area contributed by atoms with E-state index in [-0.39, 0.29) is 0 Å². The van der Waals surface area contributed by atoms with Gasteiger partial charge in [0.05, 0.1) is 0 Å². The molecule has 1 unspecified atom stereocenters. The third-order valence-corrected chi connectivity index (χ3v) is 2.16. The minimum Gasteiger partial charge on any atom is -0.0814 e. The van der Waals surface area contributed by atoms with Crippen LogP contribution >= 0.6 is 0 Å². The van der Waals surface area contributed by atoms with Crippen molar-refractivity contribution in [2.45, 2.75) is 33.6 Å². The highest BCUT2D eigenvalue weighted by atomic mass is 14.1. The normalized spacial score (nSPS) is 25.9. The molecule has 0 amide bonds. The summed E-state index contributed by atoms with van der Waals surface area (Å²) in [6, 6.07) is 0. The van der Waals surface area contributed by atoms with E-state index in [4.69, 9.17) is 0 Å². The van der Waals surface area contributed by atoms with Crippen LogP contribution in [-0.4, -0.2) is 0 Å². The monoisotopic (exact) mass is 162 g/mol. The number of hydrogen-bond donors (Lipinski definition) is 0. The van der Waals surface area contributed by atoms with Crippen LogP contribution in [0, 0.1) is 5.92 Å².